The zero-order valence-electron chi connectivity index (χ0n) is 15.7. The van der Waals surface area contributed by atoms with Gasteiger partial charge in [-0.2, -0.15) is 6.21 Å². The third kappa shape index (κ3) is 3.94. The number of nitrogens with one attached hydrogen (secondary N) is 2. The number of thiophene rings is 1. The van der Waals surface area contributed by atoms with E-state index in [1.165, 1.54) is 12.3 Å². The van der Waals surface area contributed by atoms with E-state index in [1.54, 1.807) is 29.5 Å². The van der Waals surface area contributed by atoms with Crippen LogP contribution in [0.4, 0.5) is 11.4 Å². The maximum atomic E-state index is 12.3. The lowest BCUT2D eigenvalue weighted by molar-refractivity contribution is -0.115. The summed E-state index contributed by atoms with van der Waals surface area (Å²) in [7, 11) is 0. The maximum absolute atomic E-state index is 12.3. The zero-order chi connectivity index (χ0) is 21.1. The molecule has 4 aromatic rings. The topological polar surface area (TPSA) is 120 Å². The van der Waals surface area contributed by atoms with E-state index in [1.807, 2.05) is 30.3 Å². The lowest BCUT2D eigenvalue weighted by atomic mass is 10.0. The van der Waals surface area contributed by atoms with Crippen LogP contribution in [-0.4, -0.2) is 24.6 Å². The third-order valence-corrected chi connectivity index (χ3v) is 5.63. The van der Waals surface area contributed by atoms with Gasteiger partial charge in [-0.1, -0.05) is 18.2 Å². The molecule has 8 heteroatoms. The lowest BCUT2D eigenvalue weighted by Gasteiger charge is -2.14. The summed E-state index contributed by atoms with van der Waals surface area (Å²) in [6, 6.07) is 16.4. The molecule has 2 aromatic heterocycles. The number of carbonyl (C=O) groups is 2. The molecule has 0 saturated heterocycles. The fraction of sp³-hybridized carbons (Fsp3) is 0.0455. The second kappa shape index (κ2) is 8.22. The predicted molar refractivity (Wildman–Crippen MR) is 120 cm³/mol. The van der Waals surface area contributed by atoms with Crippen molar-refractivity contribution in [3.05, 3.63) is 77.6 Å². The summed E-state index contributed by atoms with van der Waals surface area (Å²) in [6.45, 7) is -0.236. The summed E-state index contributed by atoms with van der Waals surface area (Å²) in [5, 5.41) is 15.9. The number of nitrogens with two attached hydrogens (primary N) is 1. The fourth-order valence-corrected chi connectivity index (χ4v) is 4.13. The van der Waals surface area contributed by atoms with Crippen LogP contribution in [0.15, 0.2) is 65.3 Å². The molecule has 0 unspecified atom stereocenters. The zero-order valence-corrected chi connectivity index (χ0v) is 16.5. The number of amides is 2. The van der Waals surface area contributed by atoms with E-state index >= 15 is 0 Å². The van der Waals surface area contributed by atoms with E-state index in [-0.39, 0.29) is 12.3 Å². The van der Waals surface area contributed by atoms with Crippen molar-refractivity contribution in [2.24, 2.45) is 0 Å². The van der Waals surface area contributed by atoms with Crippen LogP contribution >= 0.6 is 11.3 Å². The fourth-order valence-electron chi connectivity index (χ4n) is 3.03. The van der Waals surface area contributed by atoms with Gasteiger partial charge in [-0.3, -0.25) is 9.59 Å². The molecule has 0 aliphatic rings. The summed E-state index contributed by atoms with van der Waals surface area (Å²) < 4.78 is 6.10. The van der Waals surface area contributed by atoms with Gasteiger partial charge in [0.2, 0.25) is 5.91 Å². The van der Waals surface area contributed by atoms with Crippen molar-refractivity contribution in [2.45, 2.75) is 0 Å². The molecule has 0 fully saturated rings. The molecule has 0 saturated carbocycles. The number of fused-ring (bicyclic) bond motifs is 1. The van der Waals surface area contributed by atoms with Gasteiger partial charge in [0.1, 0.15) is 0 Å². The van der Waals surface area contributed by atoms with Crippen LogP contribution in [0.25, 0.3) is 25.9 Å². The smallest absolute Gasteiger partial charge is 0.287 e. The molecule has 0 bridgehead atoms. The van der Waals surface area contributed by atoms with Gasteiger partial charge in [-0.05, 0) is 47.3 Å². The number of hydrogen-bond acceptors (Lipinski definition) is 5. The summed E-state index contributed by atoms with van der Waals surface area (Å²) in [6.07, 6.45) is 2.28. The molecule has 2 amide bonds. The molecular formula is C22H17N4O3S-. The van der Waals surface area contributed by atoms with Crippen molar-refractivity contribution in [2.75, 3.05) is 17.6 Å². The normalized spacial score (nSPS) is 10.7. The number of carbonyl (C=O) groups excluding carboxylic acids is 2. The number of nitrogens with zero attached hydrogens (tertiary/aromatic N) is 1. The Morgan fingerprint density at radius 1 is 1.13 bits per heavy atom. The quantitative estimate of drug-likeness (QED) is 0.323. The minimum atomic E-state index is -0.484. The number of benzene rings is 2. The van der Waals surface area contributed by atoms with Crippen LogP contribution in [0.5, 0.6) is 0 Å². The first-order valence-electron chi connectivity index (χ1n) is 9.06. The summed E-state index contributed by atoms with van der Waals surface area (Å²) in [5.41, 5.74) is 8.19. The Labute approximate surface area is 176 Å². The Morgan fingerprint density at radius 3 is 2.70 bits per heavy atom. The van der Waals surface area contributed by atoms with Gasteiger partial charge >= 0.3 is 0 Å². The van der Waals surface area contributed by atoms with Crippen molar-refractivity contribution in [3.63, 3.8) is 0 Å². The van der Waals surface area contributed by atoms with E-state index in [4.69, 9.17) is 10.2 Å². The van der Waals surface area contributed by atoms with Gasteiger partial charge in [0, 0.05) is 26.5 Å². The number of nitrogen functional groups attached to an aromatic ring is 1. The Morgan fingerprint density at radius 2 is 1.97 bits per heavy atom. The van der Waals surface area contributed by atoms with E-state index in [0.717, 1.165) is 21.2 Å². The van der Waals surface area contributed by atoms with E-state index < -0.39 is 11.8 Å². The molecule has 0 spiro atoms. The van der Waals surface area contributed by atoms with Gasteiger partial charge in [0.15, 0.2) is 5.76 Å². The van der Waals surface area contributed by atoms with Gasteiger partial charge in [-0.15, -0.1) is 11.3 Å². The van der Waals surface area contributed by atoms with Gasteiger partial charge < -0.3 is 26.2 Å². The van der Waals surface area contributed by atoms with Crippen LogP contribution in [0.2, 0.25) is 0 Å². The predicted octanol–water partition coefficient (Wildman–Crippen LogP) is 4.10. The van der Waals surface area contributed by atoms with Crippen molar-refractivity contribution < 1.29 is 14.0 Å². The Hall–Kier alpha value is -3.91. The average molecular weight is 417 g/mol. The van der Waals surface area contributed by atoms with Crippen molar-refractivity contribution >= 4 is 50.8 Å². The van der Waals surface area contributed by atoms with Crippen molar-refractivity contribution in [1.82, 2.24) is 5.32 Å². The van der Waals surface area contributed by atoms with Crippen LogP contribution in [0, 0.1) is 0 Å². The minimum Gasteiger partial charge on any atom is -0.810 e. The second-order valence-electron chi connectivity index (χ2n) is 6.51. The van der Waals surface area contributed by atoms with Crippen LogP contribution < -0.4 is 16.4 Å². The summed E-state index contributed by atoms with van der Waals surface area (Å²) >= 11 is 1.57. The van der Waals surface area contributed by atoms with Crippen LogP contribution in [0.3, 0.4) is 0 Å². The molecule has 0 aliphatic heterocycles. The molecule has 4 N–H and O–H groups in total. The first-order valence-corrected chi connectivity index (χ1v) is 9.88. The standard InChI is InChI=1S/C22H17N4O3S/c23-11-14-8-15(26-20(27)12-25-22(28)17-5-3-7-29-17)10-16(21(14)24)19-9-13-4-1-2-6-18(13)30-19/h1-11H,12,24H2,(H,25,28)(H,26,27)/q-1. The van der Waals surface area contributed by atoms with Crippen LogP contribution in [0.1, 0.15) is 16.1 Å². The van der Waals surface area contributed by atoms with Crippen LogP contribution in [-0.2, 0) is 4.79 Å². The highest BCUT2D eigenvalue weighted by molar-refractivity contribution is 7.22. The highest BCUT2D eigenvalue weighted by atomic mass is 32.1. The number of rotatable bonds is 6. The molecule has 30 heavy (non-hydrogen) atoms. The molecule has 0 atom stereocenters. The Bertz CT molecular complexity index is 1210. The molecule has 7 nitrogen and oxygen atoms in total. The first kappa shape index (κ1) is 19.4. The minimum absolute atomic E-state index is 0.125. The summed E-state index contributed by atoms with van der Waals surface area (Å²) in [5.74, 6) is -0.784. The van der Waals surface area contributed by atoms with Crippen molar-refractivity contribution in [3.8, 4) is 10.4 Å². The van der Waals surface area contributed by atoms with Crippen molar-refractivity contribution in [1.29, 1.82) is 0 Å². The van der Waals surface area contributed by atoms with E-state index in [0.29, 0.717) is 22.5 Å². The first-order chi connectivity index (χ1) is 14.5. The molecule has 4 rings (SSSR count). The number of hydrogen-bond donors (Lipinski definition) is 3. The van der Waals surface area contributed by atoms with Gasteiger partial charge in [0.25, 0.3) is 5.91 Å². The molecule has 0 aliphatic carbocycles. The Balaban J connectivity index is 1.56. The third-order valence-electron chi connectivity index (χ3n) is 4.48. The van der Waals surface area contributed by atoms with E-state index in [2.05, 4.69) is 10.6 Å². The second-order valence-corrected chi connectivity index (χ2v) is 7.60. The molecule has 2 heterocycles. The molecule has 150 valence electrons. The highest BCUT2D eigenvalue weighted by Crippen LogP contribution is 2.38. The number of anilines is 2. The molecule has 2 aromatic carbocycles. The summed E-state index contributed by atoms with van der Waals surface area (Å²) in [4.78, 5) is 25.1. The average Bonchev–Trinajstić information content (AvgIpc) is 3.43. The lowest BCUT2D eigenvalue weighted by Crippen LogP contribution is -2.32. The number of furan rings is 1. The van der Waals surface area contributed by atoms with Gasteiger partial charge in [-0.25, -0.2) is 0 Å². The molecule has 0 radical (unpaired) electrons. The van der Waals surface area contributed by atoms with E-state index in [9.17, 15) is 15.0 Å². The SMILES string of the molecule is [N-]=Cc1cc(NC(=O)CNC(=O)c2ccco2)cc(-c2cc3ccccc3s2)c1N. The highest BCUT2D eigenvalue weighted by Gasteiger charge is 2.14. The monoisotopic (exact) mass is 417 g/mol. The molecular weight excluding hydrogens is 400 g/mol. The largest absolute Gasteiger partial charge is 0.810 e. The van der Waals surface area contributed by atoms with Gasteiger partial charge in [0.05, 0.1) is 12.8 Å². The maximum Gasteiger partial charge on any atom is 0.287 e. The Kier molecular flexibility index (Phi) is 5.32.